The van der Waals surface area contributed by atoms with Crippen molar-refractivity contribution in [2.45, 2.75) is 43.0 Å². The van der Waals surface area contributed by atoms with Gasteiger partial charge in [-0.1, -0.05) is 42.5 Å². The minimum absolute atomic E-state index is 0.0252. The van der Waals surface area contributed by atoms with E-state index in [1.807, 2.05) is 18.2 Å². The SMILES string of the molecule is O=C1CCOc2ccccc2-c2cccc(c2)CC2C(NS(=O)(=O)C(F)F)C(F)(F)CCN12. The fourth-order valence-electron chi connectivity index (χ4n) is 4.31. The predicted octanol–water partition coefficient (Wildman–Crippen LogP) is 3.43. The number of hydrogen-bond acceptors (Lipinski definition) is 4. The van der Waals surface area contributed by atoms with Gasteiger partial charge in [-0.3, -0.25) is 4.79 Å². The van der Waals surface area contributed by atoms with Gasteiger partial charge in [0.1, 0.15) is 11.8 Å². The molecule has 1 saturated heterocycles. The molecule has 1 fully saturated rings. The van der Waals surface area contributed by atoms with E-state index in [9.17, 15) is 30.8 Å². The summed E-state index contributed by atoms with van der Waals surface area (Å²) in [4.78, 5) is 14.1. The van der Waals surface area contributed by atoms with Crippen molar-refractivity contribution in [2.75, 3.05) is 13.2 Å². The zero-order valence-corrected chi connectivity index (χ0v) is 18.2. The normalized spacial score (nSPS) is 23.1. The van der Waals surface area contributed by atoms with Gasteiger partial charge in [-0.25, -0.2) is 17.2 Å². The summed E-state index contributed by atoms with van der Waals surface area (Å²) < 4.78 is 86.6. The van der Waals surface area contributed by atoms with E-state index in [0.717, 1.165) is 16.0 Å². The average molecular weight is 486 g/mol. The topological polar surface area (TPSA) is 75.7 Å². The summed E-state index contributed by atoms with van der Waals surface area (Å²) in [6.07, 6.45) is -1.14. The maximum atomic E-state index is 14.9. The second-order valence-electron chi connectivity index (χ2n) is 8.07. The molecule has 11 heteroatoms. The van der Waals surface area contributed by atoms with Crippen molar-refractivity contribution in [3.8, 4) is 16.9 Å². The molecule has 4 rings (SSSR count). The molecule has 2 aromatic rings. The van der Waals surface area contributed by atoms with Crippen LogP contribution in [-0.2, 0) is 21.2 Å². The fourth-order valence-corrected chi connectivity index (χ4v) is 5.10. The van der Waals surface area contributed by atoms with Crippen LogP contribution in [0.1, 0.15) is 18.4 Å². The first-order valence-electron chi connectivity index (χ1n) is 10.4. The Bertz CT molecular complexity index is 1140. The maximum absolute atomic E-state index is 14.9. The summed E-state index contributed by atoms with van der Waals surface area (Å²) in [7, 11) is -5.32. The van der Waals surface area contributed by atoms with Gasteiger partial charge in [-0.05, 0) is 23.6 Å². The number of amides is 1. The highest BCUT2D eigenvalue weighted by molar-refractivity contribution is 7.89. The van der Waals surface area contributed by atoms with E-state index in [0.29, 0.717) is 11.3 Å². The van der Waals surface area contributed by atoms with Crippen LogP contribution < -0.4 is 9.46 Å². The Kier molecular flexibility index (Phi) is 6.37. The molecule has 178 valence electrons. The number of halogens is 4. The number of nitrogens with one attached hydrogen (secondary N) is 1. The number of alkyl halides is 4. The van der Waals surface area contributed by atoms with Crippen molar-refractivity contribution in [3.05, 3.63) is 54.1 Å². The third kappa shape index (κ3) is 4.84. The van der Waals surface area contributed by atoms with Gasteiger partial charge in [0.25, 0.3) is 15.9 Å². The van der Waals surface area contributed by atoms with Gasteiger partial charge in [0, 0.05) is 18.5 Å². The van der Waals surface area contributed by atoms with Crippen molar-refractivity contribution in [1.29, 1.82) is 0 Å². The van der Waals surface area contributed by atoms with Crippen LogP contribution in [0.15, 0.2) is 48.5 Å². The van der Waals surface area contributed by atoms with Gasteiger partial charge in [0.05, 0.1) is 19.1 Å². The summed E-state index contributed by atoms with van der Waals surface area (Å²) in [5, 5.41) is 0. The maximum Gasteiger partial charge on any atom is 0.350 e. The standard InChI is InChI=1S/C22H22F4N2O4S/c23-21(24)33(30,31)27-20-17-13-14-4-3-5-15(12-14)16-6-1-2-7-18(16)32-11-8-19(29)28(17)10-9-22(20,25)26/h1-7,12,17,20-21,27H,8-11,13H2. The number of nitrogens with zero attached hydrogens (tertiary/aromatic N) is 1. The molecule has 0 aromatic heterocycles. The van der Waals surface area contributed by atoms with Crippen LogP contribution >= 0.6 is 0 Å². The number of sulfonamides is 1. The minimum Gasteiger partial charge on any atom is -0.492 e. The number of rotatable bonds is 3. The summed E-state index contributed by atoms with van der Waals surface area (Å²) in [5.41, 5.74) is 2.03. The summed E-state index contributed by atoms with van der Waals surface area (Å²) in [6, 6.07) is 10.5. The Morgan fingerprint density at radius 1 is 1.12 bits per heavy atom. The number of carbonyl (C=O) groups is 1. The lowest BCUT2D eigenvalue weighted by Gasteiger charge is -2.45. The molecule has 2 unspecified atom stereocenters. The van der Waals surface area contributed by atoms with Crippen molar-refractivity contribution in [2.24, 2.45) is 0 Å². The summed E-state index contributed by atoms with van der Waals surface area (Å²) in [6.45, 7) is -0.359. The van der Waals surface area contributed by atoms with E-state index in [4.69, 9.17) is 4.74 Å². The molecule has 0 spiro atoms. The number of piperidine rings is 1. The molecule has 0 aliphatic carbocycles. The summed E-state index contributed by atoms with van der Waals surface area (Å²) >= 11 is 0. The molecule has 2 atom stereocenters. The smallest absolute Gasteiger partial charge is 0.350 e. The fraction of sp³-hybridized carbons (Fsp3) is 0.409. The highest BCUT2D eigenvalue weighted by Crippen LogP contribution is 2.37. The third-order valence-electron chi connectivity index (χ3n) is 5.92. The van der Waals surface area contributed by atoms with Crippen LogP contribution in [0.2, 0.25) is 0 Å². The van der Waals surface area contributed by atoms with Crippen molar-refractivity contribution < 1.29 is 35.5 Å². The zero-order chi connectivity index (χ0) is 23.8. The third-order valence-corrected chi connectivity index (χ3v) is 6.97. The number of benzene rings is 2. The second kappa shape index (κ2) is 8.94. The van der Waals surface area contributed by atoms with Crippen molar-refractivity contribution in [1.82, 2.24) is 9.62 Å². The molecule has 2 aliphatic rings. The molecule has 1 amide bonds. The van der Waals surface area contributed by atoms with E-state index in [1.54, 1.807) is 30.3 Å². The lowest BCUT2D eigenvalue weighted by molar-refractivity contribution is -0.148. The van der Waals surface area contributed by atoms with Gasteiger partial charge in [0.2, 0.25) is 5.91 Å². The van der Waals surface area contributed by atoms with E-state index in [2.05, 4.69) is 0 Å². The van der Waals surface area contributed by atoms with Crippen LogP contribution in [0.5, 0.6) is 5.75 Å². The second-order valence-corrected chi connectivity index (χ2v) is 9.75. The molecule has 2 bridgehead atoms. The monoisotopic (exact) mass is 486 g/mol. The first-order chi connectivity index (χ1) is 15.6. The molecule has 2 heterocycles. The average Bonchev–Trinajstić information content (AvgIpc) is 2.76. The molecule has 2 aromatic carbocycles. The Hall–Kier alpha value is -2.66. The van der Waals surface area contributed by atoms with E-state index in [-0.39, 0.29) is 26.0 Å². The Morgan fingerprint density at radius 2 is 1.88 bits per heavy atom. The van der Waals surface area contributed by atoms with Crippen LogP contribution in [-0.4, -0.2) is 56.1 Å². The Morgan fingerprint density at radius 3 is 2.64 bits per heavy atom. The minimum atomic E-state index is -5.32. The number of para-hydroxylation sites is 1. The molecule has 2 aliphatic heterocycles. The van der Waals surface area contributed by atoms with Crippen molar-refractivity contribution >= 4 is 15.9 Å². The van der Waals surface area contributed by atoms with Gasteiger partial charge in [0.15, 0.2) is 0 Å². The van der Waals surface area contributed by atoms with Crippen LogP contribution in [0.25, 0.3) is 11.1 Å². The highest BCUT2D eigenvalue weighted by Gasteiger charge is 2.53. The van der Waals surface area contributed by atoms with E-state index < -0.39 is 46.1 Å². The first kappa shape index (κ1) is 23.5. The molecule has 1 N–H and O–H groups in total. The highest BCUT2D eigenvalue weighted by atomic mass is 32.2. The van der Waals surface area contributed by atoms with Gasteiger partial charge < -0.3 is 9.64 Å². The van der Waals surface area contributed by atoms with Crippen LogP contribution in [0, 0.1) is 0 Å². The molecule has 6 nitrogen and oxygen atoms in total. The van der Waals surface area contributed by atoms with Crippen molar-refractivity contribution in [3.63, 3.8) is 0 Å². The number of carbonyl (C=O) groups excluding carboxylic acids is 1. The van der Waals surface area contributed by atoms with E-state index >= 15 is 0 Å². The molecule has 0 radical (unpaired) electrons. The lowest BCUT2D eigenvalue weighted by Crippen LogP contribution is -2.66. The van der Waals surface area contributed by atoms with Crippen LogP contribution in [0.4, 0.5) is 17.6 Å². The molecule has 33 heavy (non-hydrogen) atoms. The number of hydrogen-bond donors (Lipinski definition) is 1. The Balaban J connectivity index is 1.79. The number of fused-ring (bicyclic) bond motifs is 5. The predicted molar refractivity (Wildman–Crippen MR) is 113 cm³/mol. The molecular weight excluding hydrogens is 464 g/mol. The lowest BCUT2D eigenvalue weighted by atomic mass is 9.87. The van der Waals surface area contributed by atoms with Gasteiger partial charge in [-0.15, -0.1) is 0 Å². The Labute approximate surface area is 188 Å². The quantitative estimate of drug-likeness (QED) is 0.675. The summed E-state index contributed by atoms with van der Waals surface area (Å²) in [5.74, 6) is -7.46. The zero-order valence-electron chi connectivity index (χ0n) is 17.4. The molecule has 0 saturated carbocycles. The first-order valence-corrected chi connectivity index (χ1v) is 11.9. The number of ether oxygens (including phenoxy) is 1. The van der Waals surface area contributed by atoms with Gasteiger partial charge in [-0.2, -0.15) is 13.5 Å². The largest absolute Gasteiger partial charge is 0.492 e. The van der Waals surface area contributed by atoms with Gasteiger partial charge >= 0.3 is 5.76 Å². The molecular formula is C22H22F4N2O4S. The van der Waals surface area contributed by atoms with Crippen LogP contribution in [0.3, 0.4) is 0 Å². The van der Waals surface area contributed by atoms with E-state index in [1.165, 1.54) is 4.72 Å².